The fourth-order valence-corrected chi connectivity index (χ4v) is 1.37. The van der Waals surface area contributed by atoms with Crippen LogP contribution in [0.25, 0.3) is 0 Å². The molecule has 1 N–H and O–H groups in total. The Bertz CT molecular complexity index is 587. The van der Waals surface area contributed by atoms with E-state index in [1.165, 1.54) is 24.3 Å². The van der Waals surface area contributed by atoms with Crippen LogP contribution in [-0.4, -0.2) is 23.4 Å². The van der Waals surface area contributed by atoms with Crippen LogP contribution in [0.4, 0.5) is 4.39 Å². The number of allylic oxidation sites excluding steroid dienone is 4. The zero-order chi connectivity index (χ0) is 19.7. The van der Waals surface area contributed by atoms with Gasteiger partial charge in [0.2, 0.25) is 0 Å². The maximum atomic E-state index is 12.7. The standard InChI is InChI=1S/C16H16FNO3.2C2H6/c1-3-15(17)6-4-5-11-21-18-12(2)13-7-9-14(10-8-13)16(19)20;2*1-2/h3-10H,1,11H2,2H3,(H,19,20);2*1-2H3/b5-4+,15-6+,18-12+;;. The van der Waals surface area contributed by atoms with E-state index in [0.29, 0.717) is 5.71 Å². The summed E-state index contributed by atoms with van der Waals surface area (Å²) >= 11 is 0. The molecule has 1 aromatic rings. The Morgan fingerprint density at radius 2 is 1.72 bits per heavy atom. The van der Waals surface area contributed by atoms with Crippen molar-refractivity contribution in [3.63, 3.8) is 0 Å². The first-order valence-corrected chi connectivity index (χ1v) is 8.19. The molecule has 0 aliphatic rings. The van der Waals surface area contributed by atoms with E-state index in [0.717, 1.165) is 11.6 Å². The maximum Gasteiger partial charge on any atom is 0.335 e. The highest BCUT2D eigenvalue weighted by Crippen LogP contribution is 2.06. The molecule has 4 nitrogen and oxygen atoms in total. The van der Waals surface area contributed by atoms with Gasteiger partial charge >= 0.3 is 5.97 Å². The van der Waals surface area contributed by atoms with Crippen LogP contribution in [0.3, 0.4) is 0 Å². The Morgan fingerprint density at radius 1 is 1.20 bits per heavy atom. The van der Waals surface area contributed by atoms with Gasteiger partial charge in [-0.2, -0.15) is 0 Å². The molecule has 1 rings (SSSR count). The quantitative estimate of drug-likeness (QED) is 0.294. The van der Waals surface area contributed by atoms with Crippen LogP contribution in [0.15, 0.2) is 66.1 Å². The third kappa shape index (κ3) is 11.5. The fraction of sp³-hybridized carbons (Fsp3) is 0.300. The maximum absolute atomic E-state index is 12.7. The molecule has 5 heteroatoms. The van der Waals surface area contributed by atoms with Crippen LogP contribution in [-0.2, 0) is 4.84 Å². The van der Waals surface area contributed by atoms with Crippen molar-refractivity contribution < 1.29 is 19.1 Å². The summed E-state index contributed by atoms with van der Waals surface area (Å²) in [5.41, 5.74) is 1.60. The summed E-state index contributed by atoms with van der Waals surface area (Å²) in [7, 11) is 0. The van der Waals surface area contributed by atoms with Crippen LogP contribution < -0.4 is 0 Å². The minimum Gasteiger partial charge on any atom is -0.478 e. The average molecular weight is 349 g/mol. The minimum atomic E-state index is -0.975. The summed E-state index contributed by atoms with van der Waals surface area (Å²) in [6.45, 7) is 13.2. The Hall–Kier alpha value is -2.69. The second-order valence-corrected chi connectivity index (χ2v) is 4.04. The van der Waals surface area contributed by atoms with E-state index in [2.05, 4.69) is 11.7 Å². The lowest BCUT2D eigenvalue weighted by Crippen LogP contribution is -2.00. The van der Waals surface area contributed by atoms with Gasteiger partial charge in [0.25, 0.3) is 0 Å². The van der Waals surface area contributed by atoms with Crippen molar-refractivity contribution in [1.82, 2.24) is 0 Å². The van der Waals surface area contributed by atoms with E-state index in [4.69, 9.17) is 9.94 Å². The summed E-state index contributed by atoms with van der Waals surface area (Å²) in [6.07, 6.45) is 5.47. The van der Waals surface area contributed by atoms with Crippen LogP contribution in [0.2, 0.25) is 0 Å². The van der Waals surface area contributed by atoms with Crippen molar-refractivity contribution in [3.8, 4) is 0 Å². The van der Waals surface area contributed by atoms with Gasteiger partial charge < -0.3 is 9.94 Å². The van der Waals surface area contributed by atoms with Gasteiger partial charge in [-0.05, 0) is 42.8 Å². The average Bonchev–Trinajstić information content (AvgIpc) is 2.67. The summed E-state index contributed by atoms with van der Waals surface area (Å²) in [5.74, 6) is -1.40. The molecule has 0 unspecified atom stereocenters. The molecule has 0 saturated heterocycles. The van der Waals surface area contributed by atoms with Crippen molar-refractivity contribution in [1.29, 1.82) is 0 Å². The van der Waals surface area contributed by atoms with Gasteiger partial charge in [0.15, 0.2) is 0 Å². The number of carbonyl (C=O) groups is 1. The number of nitrogens with zero attached hydrogens (tertiary/aromatic N) is 1. The van der Waals surface area contributed by atoms with E-state index in [9.17, 15) is 9.18 Å². The van der Waals surface area contributed by atoms with Gasteiger partial charge in [0.05, 0.1) is 11.3 Å². The van der Waals surface area contributed by atoms with Gasteiger partial charge in [-0.25, -0.2) is 9.18 Å². The molecule has 0 aliphatic carbocycles. The molecule has 138 valence electrons. The molecule has 0 bridgehead atoms. The number of benzene rings is 1. The lowest BCUT2D eigenvalue weighted by atomic mass is 10.1. The van der Waals surface area contributed by atoms with E-state index in [1.54, 1.807) is 25.1 Å². The van der Waals surface area contributed by atoms with Crippen molar-refractivity contribution in [3.05, 3.63) is 72.1 Å². The van der Waals surface area contributed by atoms with Crippen LogP contribution >= 0.6 is 0 Å². The largest absolute Gasteiger partial charge is 0.478 e. The number of rotatable bonds is 7. The van der Waals surface area contributed by atoms with Crippen molar-refractivity contribution in [2.24, 2.45) is 5.16 Å². The SMILES string of the molecule is C=C/C(F)=C\C=C\CO/N=C(\C)c1ccc(C(=O)O)cc1.CC.CC. The van der Waals surface area contributed by atoms with Crippen molar-refractivity contribution in [2.45, 2.75) is 34.6 Å². The number of hydrogen-bond donors (Lipinski definition) is 1. The fourth-order valence-electron chi connectivity index (χ4n) is 1.37. The van der Waals surface area contributed by atoms with Crippen LogP contribution in [0, 0.1) is 0 Å². The van der Waals surface area contributed by atoms with Gasteiger partial charge in [0.1, 0.15) is 12.4 Å². The van der Waals surface area contributed by atoms with Crippen LogP contribution in [0.5, 0.6) is 0 Å². The van der Waals surface area contributed by atoms with Gasteiger partial charge in [-0.15, -0.1) is 0 Å². The number of carboxylic acid groups (broad SMARTS) is 1. The predicted molar refractivity (Wildman–Crippen MR) is 103 cm³/mol. The molecule has 0 heterocycles. The molecule has 0 atom stereocenters. The van der Waals surface area contributed by atoms with E-state index >= 15 is 0 Å². The highest BCUT2D eigenvalue weighted by Gasteiger charge is 2.03. The lowest BCUT2D eigenvalue weighted by molar-refractivity contribution is 0.0697. The van der Waals surface area contributed by atoms with Gasteiger partial charge in [-0.3, -0.25) is 0 Å². The van der Waals surface area contributed by atoms with Gasteiger partial charge in [0, 0.05) is 0 Å². The smallest absolute Gasteiger partial charge is 0.335 e. The highest BCUT2D eigenvalue weighted by atomic mass is 19.1. The Labute approximate surface area is 150 Å². The number of hydrogen-bond acceptors (Lipinski definition) is 3. The molecule has 0 radical (unpaired) electrons. The summed E-state index contributed by atoms with van der Waals surface area (Å²) in [4.78, 5) is 15.8. The summed E-state index contributed by atoms with van der Waals surface area (Å²) < 4.78 is 12.7. The van der Waals surface area contributed by atoms with E-state index in [1.807, 2.05) is 27.7 Å². The molecule has 1 aromatic carbocycles. The summed E-state index contributed by atoms with van der Waals surface area (Å²) in [6, 6.07) is 6.31. The molecule has 0 aromatic heterocycles. The Morgan fingerprint density at radius 3 is 2.20 bits per heavy atom. The Balaban J connectivity index is 0. The Kier molecular flexibility index (Phi) is 15.9. The van der Waals surface area contributed by atoms with E-state index < -0.39 is 11.8 Å². The number of aromatic carboxylic acids is 1. The van der Waals surface area contributed by atoms with Crippen molar-refractivity contribution >= 4 is 11.7 Å². The topological polar surface area (TPSA) is 58.9 Å². The van der Waals surface area contributed by atoms with Gasteiger partial charge in [-0.1, -0.05) is 57.6 Å². The number of halogens is 1. The number of carboxylic acids is 1. The molecule has 0 amide bonds. The molecular formula is C20H28FNO3. The second-order valence-electron chi connectivity index (χ2n) is 4.04. The highest BCUT2D eigenvalue weighted by molar-refractivity contribution is 5.99. The second kappa shape index (κ2) is 16.2. The van der Waals surface area contributed by atoms with Crippen molar-refractivity contribution in [2.75, 3.05) is 6.61 Å². The molecular weight excluding hydrogens is 321 g/mol. The lowest BCUT2D eigenvalue weighted by Gasteiger charge is -2.01. The summed E-state index contributed by atoms with van der Waals surface area (Å²) in [5, 5.41) is 12.7. The normalized spacial score (nSPS) is 11.0. The minimum absolute atomic E-state index is 0.200. The monoisotopic (exact) mass is 349 g/mol. The van der Waals surface area contributed by atoms with Crippen LogP contribution in [0.1, 0.15) is 50.5 Å². The molecule has 0 saturated carbocycles. The first-order chi connectivity index (χ1) is 12.0. The number of oxime groups is 1. The molecule has 0 fully saturated rings. The molecule has 0 aliphatic heterocycles. The third-order valence-corrected chi connectivity index (χ3v) is 2.51. The van der Waals surface area contributed by atoms with E-state index in [-0.39, 0.29) is 12.2 Å². The predicted octanol–water partition coefficient (Wildman–Crippen LogP) is 5.77. The molecule has 25 heavy (non-hydrogen) atoms. The zero-order valence-electron chi connectivity index (χ0n) is 15.6. The first-order valence-electron chi connectivity index (χ1n) is 8.19. The molecule has 0 spiro atoms. The first kappa shape index (κ1) is 24.6. The zero-order valence-corrected chi connectivity index (χ0v) is 15.6. The third-order valence-electron chi connectivity index (χ3n) is 2.51.